The normalized spacial score (nSPS) is 11.0. The fourth-order valence-electron chi connectivity index (χ4n) is 1.53. The van der Waals surface area contributed by atoms with Crippen LogP contribution < -0.4 is 15.9 Å². The Morgan fingerprint density at radius 1 is 1.48 bits per heavy atom. The second-order valence-corrected chi connectivity index (χ2v) is 4.96. The fourth-order valence-corrected chi connectivity index (χ4v) is 2.08. The molecule has 3 N–H and O–H groups in total. The Morgan fingerprint density at radius 3 is 2.95 bits per heavy atom. The van der Waals surface area contributed by atoms with Crippen LogP contribution in [0.4, 0.5) is 19.7 Å². The van der Waals surface area contributed by atoms with E-state index in [1.165, 1.54) is 17.6 Å². The summed E-state index contributed by atoms with van der Waals surface area (Å²) in [7, 11) is 0. The number of nitrogens with one attached hydrogen (secondary N) is 1. The molecule has 1 aromatic heterocycles. The van der Waals surface area contributed by atoms with Crippen LogP contribution in [-0.2, 0) is 0 Å². The maximum absolute atomic E-state index is 13.7. The molecule has 2 aromatic rings. The third-order valence-corrected chi connectivity index (χ3v) is 3.14. The number of thiazole rings is 1. The van der Waals surface area contributed by atoms with Gasteiger partial charge in [-0.2, -0.15) is 5.10 Å². The van der Waals surface area contributed by atoms with Gasteiger partial charge in [0.1, 0.15) is 11.6 Å². The van der Waals surface area contributed by atoms with Gasteiger partial charge in [0.15, 0.2) is 11.6 Å². The van der Waals surface area contributed by atoms with Crippen molar-refractivity contribution in [1.29, 1.82) is 0 Å². The molecule has 1 heterocycles. The van der Waals surface area contributed by atoms with Gasteiger partial charge >= 0.3 is 0 Å². The van der Waals surface area contributed by atoms with Crippen molar-refractivity contribution in [1.82, 2.24) is 4.98 Å². The number of hydrogen-bond acceptors (Lipinski definition) is 6. The van der Waals surface area contributed by atoms with Gasteiger partial charge in [-0.25, -0.2) is 13.8 Å². The highest BCUT2D eigenvalue weighted by Crippen LogP contribution is 2.23. The highest BCUT2D eigenvalue weighted by molar-refractivity contribution is 7.14. The summed E-state index contributed by atoms with van der Waals surface area (Å²) >= 11 is 1.27. The largest absolute Gasteiger partial charge is 0.490 e. The first kappa shape index (κ1) is 15.2. The minimum atomic E-state index is -0.761. The number of rotatable bonds is 6. The first-order valence-electron chi connectivity index (χ1n) is 6.22. The summed E-state index contributed by atoms with van der Waals surface area (Å²) in [4.78, 5) is 3.94. The van der Waals surface area contributed by atoms with Crippen LogP contribution in [0.15, 0.2) is 22.6 Å². The number of hydrogen-bond donors (Lipinski definition) is 2. The lowest BCUT2D eigenvalue weighted by Crippen LogP contribution is -2.03. The summed E-state index contributed by atoms with van der Waals surface area (Å²) in [5.41, 5.74) is 8.31. The van der Waals surface area contributed by atoms with E-state index < -0.39 is 11.6 Å². The molecule has 21 heavy (non-hydrogen) atoms. The first-order valence-corrected chi connectivity index (χ1v) is 7.10. The summed E-state index contributed by atoms with van der Waals surface area (Å²) < 4.78 is 32.3. The standard InChI is InChI=1S/C13H14F2N4OS/c1-2-3-20-12-8(4-9(14)5-10(12)15)6-17-19-13-18-11(16)7-21-13/h4-7H,2-3,16H2,1H3,(H,18,19). The molecule has 0 saturated carbocycles. The molecule has 0 bridgehead atoms. The minimum absolute atomic E-state index is 0.0255. The van der Waals surface area contributed by atoms with Crippen molar-refractivity contribution in [2.24, 2.45) is 5.10 Å². The van der Waals surface area contributed by atoms with Crippen molar-refractivity contribution in [2.45, 2.75) is 13.3 Å². The fraction of sp³-hybridized carbons (Fsp3) is 0.231. The molecule has 8 heteroatoms. The molecule has 5 nitrogen and oxygen atoms in total. The second-order valence-electron chi connectivity index (χ2n) is 4.10. The molecular weight excluding hydrogens is 298 g/mol. The molecular formula is C13H14F2N4OS. The number of anilines is 2. The van der Waals surface area contributed by atoms with Crippen molar-refractivity contribution >= 4 is 28.5 Å². The van der Waals surface area contributed by atoms with Crippen LogP contribution in [0.1, 0.15) is 18.9 Å². The number of nitrogens with two attached hydrogens (primary N) is 1. The van der Waals surface area contributed by atoms with Crippen molar-refractivity contribution < 1.29 is 13.5 Å². The first-order chi connectivity index (χ1) is 10.1. The van der Waals surface area contributed by atoms with E-state index in [1.54, 1.807) is 5.38 Å². The maximum Gasteiger partial charge on any atom is 0.205 e. The van der Waals surface area contributed by atoms with Gasteiger partial charge < -0.3 is 10.5 Å². The number of halogens is 2. The summed E-state index contributed by atoms with van der Waals surface area (Å²) in [5, 5.41) is 6.01. The van der Waals surface area contributed by atoms with Crippen LogP contribution in [0.3, 0.4) is 0 Å². The number of aromatic nitrogens is 1. The SMILES string of the molecule is CCCOc1c(F)cc(F)cc1C=NNc1nc(N)cs1. The van der Waals surface area contributed by atoms with Crippen LogP contribution in [0.2, 0.25) is 0 Å². The molecule has 2 rings (SSSR count). The average molecular weight is 312 g/mol. The molecule has 0 atom stereocenters. The molecule has 0 aliphatic carbocycles. The molecule has 0 unspecified atom stereocenters. The van der Waals surface area contributed by atoms with Gasteiger partial charge in [-0.3, -0.25) is 5.43 Å². The predicted octanol–water partition coefficient (Wildman–Crippen LogP) is 3.24. The Kier molecular flexibility index (Phi) is 5.04. The zero-order chi connectivity index (χ0) is 15.2. The highest BCUT2D eigenvalue weighted by atomic mass is 32.1. The Labute approximate surface area is 124 Å². The molecule has 0 radical (unpaired) electrons. The number of nitrogens with zero attached hydrogens (tertiary/aromatic N) is 2. The summed E-state index contributed by atoms with van der Waals surface area (Å²) in [6.45, 7) is 2.23. The van der Waals surface area contributed by atoms with Gasteiger partial charge in [0.05, 0.1) is 12.8 Å². The monoisotopic (exact) mass is 312 g/mol. The van der Waals surface area contributed by atoms with Crippen molar-refractivity contribution in [3.63, 3.8) is 0 Å². The molecule has 0 amide bonds. The molecule has 0 saturated heterocycles. The molecule has 112 valence electrons. The quantitative estimate of drug-likeness (QED) is 0.634. The lowest BCUT2D eigenvalue weighted by Gasteiger charge is -2.09. The smallest absolute Gasteiger partial charge is 0.205 e. The van der Waals surface area contributed by atoms with Crippen LogP contribution in [-0.4, -0.2) is 17.8 Å². The third-order valence-electron chi connectivity index (χ3n) is 2.37. The van der Waals surface area contributed by atoms with E-state index >= 15 is 0 Å². The Hall–Kier alpha value is -2.22. The van der Waals surface area contributed by atoms with Crippen molar-refractivity contribution in [3.8, 4) is 5.75 Å². The van der Waals surface area contributed by atoms with E-state index in [0.717, 1.165) is 12.1 Å². The lowest BCUT2D eigenvalue weighted by molar-refractivity contribution is 0.300. The van der Waals surface area contributed by atoms with Crippen LogP contribution in [0.25, 0.3) is 0 Å². The van der Waals surface area contributed by atoms with E-state index in [0.29, 0.717) is 24.0 Å². The number of benzene rings is 1. The topological polar surface area (TPSA) is 72.5 Å². The van der Waals surface area contributed by atoms with Crippen LogP contribution in [0.5, 0.6) is 5.75 Å². The van der Waals surface area contributed by atoms with Gasteiger partial charge in [-0.1, -0.05) is 6.92 Å². The van der Waals surface area contributed by atoms with E-state index in [4.69, 9.17) is 10.5 Å². The third kappa shape index (κ3) is 4.12. The summed E-state index contributed by atoms with van der Waals surface area (Å²) in [6, 6.07) is 1.92. The number of nitrogen functional groups attached to an aromatic ring is 1. The average Bonchev–Trinajstić information content (AvgIpc) is 2.83. The zero-order valence-corrected chi connectivity index (χ0v) is 12.1. The second kappa shape index (κ2) is 6.98. The molecule has 0 fully saturated rings. The summed E-state index contributed by atoms with van der Waals surface area (Å²) in [6.07, 6.45) is 1.98. The zero-order valence-electron chi connectivity index (χ0n) is 11.3. The predicted molar refractivity (Wildman–Crippen MR) is 79.9 cm³/mol. The lowest BCUT2D eigenvalue weighted by atomic mass is 10.2. The number of hydrazone groups is 1. The van der Waals surface area contributed by atoms with Gasteiger partial charge in [0, 0.05) is 17.0 Å². The van der Waals surface area contributed by atoms with Crippen LogP contribution >= 0.6 is 11.3 Å². The Bertz CT molecular complexity index is 645. The molecule has 0 aliphatic heterocycles. The van der Waals surface area contributed by atoms with Gasteiger partial charge in [0.25, 0.3) is 0 Å². The Balaban J connectivity index is 2.17. The van der Waals surface area contributed by atoms with E-state index in [1.807, 2.05) is 6.92 Å². The van der Waals surface area contributed by atoms with Gasteiger partial charge in [-0.15, -0.1) is 11.3 Å². The van der Waals surface area contributed by atoms with E-state index in [-0.39, 0.29) is 11.3 Å². The van der Waals surface area contributed by atoms with Crippen molar-refractivity contribution in [3.05, 3.63) is 34.7 Å². The van der Waals surface area contributed by atoms with Gasteiger partial charge in [-0.05, 0) is 12.5 Å². The molecule has 0 aliphatic rings. The van der Waals surface area contributed by atoms with E-state index in [9.17, 15) is 8.78 Å². The molecule has 0 spiro atoms. The number of ether oxygens (including phenoxy) is 1. The Morgan fingerprint density at radius 2 is 2.29 bits per heavy atom. The van der Waals surface area contributed by atoms with E-state index in [2.05, 4.69) is 15.5 Å². The van der Waals surface area contributed by atoms with Crippen LogP contribution in [0, 0.1) is 11.6 Å². The minimum Gasteiger partial charge on any atom is -0.490 e. The maximum atomic E-state index is 13.7. The molecule has 1 aromatic carbocycles. The summed E-state index contributed by atoms with van der Waals surface area (Å²) in [5.74, 6) is -1.11. The highest BCUT2D eigenvalue weighted by Gasteiger charge is 2.11. The van der Waals surface area contributed by atoms with Gasteiger partial charge in [0.2, 0.25) is 5.13 Å². The van der Waals surface area contributed by atoms with Crippen molar-refractivity contribution in [2.75, 3.05) is 17.8 Å².